The van der Waals surface area contributed by atoms with E-state index in [1.807, 2.05) is 18.6 Å². The van der Waals surface area contributed by atoms with Crippen molar-refractivity contribution in [2.24, 2.45) is 0 Å². The lowest BCUT2D eigenvalue weighted by atomic mass is 9.88. The first kappa shape index (κ1) is 21.6. The number of hydrogen-bond donors (Lipinski definition) is 4. The van der Waals surface area contributed by atoms with E-state index in [9.17, 15) is 0 Å². The molecule has 2 aromatic rings. The van der Waals surface area contributed by atoms with Gasteiger partial charge in [0.15, 0.2) is 11.6 Å². The number of imidazole rings is 2. The van der Waals surface area contributed by atoms with Crippen molar-refractivity contribution in [2.45, 2.75) is 44.8 Å². The smallest absolute Gasteiger partial charge is 0.300 e. The van der Waals surface area contributed by atoms with Gasteiger partial charge in [0.25, 0.3) is 11.9 Å². The molecule has 0 amide bonds. The summed E-state index contributed by atoms with van der Waals surface area (Å²) < 4.78 is 8.37. The molecule has 0 radical (unpaired) electrons. The zero-order valence-electron chi connectivity index (χ0n) is 16.1. The minimum Gasteiger partial charge on any atom is -0.481 e. The molecule has 4 rings (SSSR count). The van der Waals surface area contributed by atoms with Crippen molar-refractivity contribution in [1.29, 1.82) is 0 Å². The Labute approximate surface area is 163 Å². The number of ether oxygens (including phenoxy) is 1. The molecule has 154 valence electrons. The zero-order valence-corrected chi connectivity index (χ0v) is 16.1. The third-order valence-electron chi connectivity index (χ3n) is 4.48. The van der Waals surface area contributed by atoms with Gasteiger partial charge in [0.05, 0.1) is 18.2 Å². The van der Waals surface area contributed by atoms with Crippen molar-refractivity contribution in [3.8, 4) is 11.6 Å². The van der Waals surface area contributed by atoms with Gasteiger partial charge in [-0.2, -0.15) is 0 Å². The second-order valence-corrected chi connectivity index (χ2v) is 6.74. The molecule has 0 aromatic carbocycles. The van der Waals surface area contributed by atoms with Crippen molar-refractivity contribution in [3.63, 3.8) is 0 Å². The molecule has 1 atom stereocenters. The standard InChI is InChI=1S/C14H19N5O.2C2H4O2/c1-3-15-4-2-14(1)9-11(10-20-14)19-8-7-18-13(19)12-16-5-6-17-12;2*1-2(3)4/h5-8,11,15H,1-4,9-10H2,(H,16,17);2*1H3,(H,3,4). The van der Waals surface area contributed by atoms with Crippen molar-refractivity contribution >= 4 is 11.9 Å². The Kier molecular flexibility index (Phi) is 7.70. The minimum absolute atomic E-state index is 0.0701. The van der Waals surface area contributed by atoms with Crippen LogP contribution in [-0.4, -0.2) is 67.0 Å². The molecule has 2 aliphatic heterocycles. The van der Waals surface area contributed by atoms with Crippen LogP contribution in [-0.2, 0) is 14.3 Å². The first-order chi connectivity index (χ1) is 13.3. The number of nitrogens with zero attached hydrogens (tertiary/aromatic N) is 3. The largest absolute Gasteiger partial charge is 0.481 e. The lowest BCUT2D eigenvalue weighted by Gasteiger charge is -2.32. The number of aromatic nitrogens is 4. The molecule has 2 fully saturated rings. The summed E-state index contributed by atoms with van der Waals surface area (Å²) in [6.45, 7) is 5.05. The van der Waals surface area contributed by atoms with Crippen LogP contribution in [0.4, 0.5) is 0 Å². The number of aliphatic carboxylic acids is 2. The number of piperidine rings is 1. The molecule has 10 heteroatoms. The van der Waals surface area contributed by atoms with Crippen molar-refractivity contribution in [2.75, 3.05) is 19.7 Å². The highest BCUT2D eigenvalue weighted by atomic mass is 16.5. The monoisotopic (exact) mass is 393 g/mol. The molecule has 0 saturated carbocycles. The van der Waals surface area contributed by atoms with Crippen molar-refractivity contribution in [3.05, 3.63) is 24.8 Å². The SMILES string of the molecule is CC(=O)O.CC(=O)O.c1c[nH]c(-c2nccn2C2COC3(CCNCC3)C2)n1. The summed E-state index contributed by atoms with van der Waals surface area (Å²) >= 11 is 0. The number of nitrogens with one attached hydrogen (secondary N) is 2. The van der Waals surface area contributed by atoms with Crippen LogP contribution in [0.15, 0.2) is 24.8 Å². The van der Waals surface area contributed by atoms with Gasteiger partial charge in [0.1, 0.15) is 0 Å². The Morgan fingerprint density at radius 2 is 1.82 bits per heavy atom. The predicted octanol–water partition coefficient (Wildman–Crippen LogP) is 1.54. The number of carboxylic acid groups (broad SMARTS) is 2. The quantitative estimate of drug-likeness (QED) is 0.602. The zero-order chi connectivity index (χ0) is 20.6. The van der Waals surface area contributed by atoms with Crippen LogP contribution in [0.5, 0.6) is 0 Å². The molecule has 10 nitrogen and oxygen atoms in total. The third kappa shape index (κ3) is 6.17. The third-order valence-corrected chi connectivity index (χ3v) is 4.48. The van der Waals surface area contributed by atoms with Crippen LogP contribution >= 0.6 is 0 Å². The normalized spacial score (nSPS) is 19.9. The van der Waals surface area contributed by atoms with E-state index in [0.717, 1.165) is 64.5 Å². The predicted molar refractivity (Wildman–Crippen MR) is 101 cm³/mol. The fraction of sp³-hybridized carbons (Fsp3) is 0.556. The van der Waals surface area contributed by atoms with Gasteiger partial charge in [-0.3, -0.25) is 9.59 Å². The average molecular weight is 393 g/mol. The molecule has 0 aliphatic carbocycles. The minimum atomic E-state index is -0.833. The summed E-state index contributed by atoms with van der Waals surface area (Å²) in [6, 6.07) is 0.357. The highest BCUT2D eigenvalue weighted by molar-refractivity contribution is 5.63. The van der Waals surface area contributed by atoms with Crippen LogP contribution in [0, 0.1) is 0 Å². The van der Waals surface area contributed by atoms with Gasteiger partial charge in [-0.15, -0.1) is 0 Å². The highest BCUT2D eigenvalue weighted by Crippen LogP contribution is 2.40. The van der Waals surface area contributed by atoms with Crippen LogP contribution in [0.25, 0.3) is 11.6 Å². The maximum atomic E-state index is 9.00. The fourth-order valence-electron chi connectivity index (χ4n) is 3.41. The molecule has 2 saturated heterocycles. The molecular weight excluding hydrogens is 366 g/mol. The molecule has 4 N–H and O–H groups in total. The van der Waals surface area contributed by atoms with Crippen molar-refractivity contribution in [1.82, 2.24) is 24.8 Å². The average Bonchev–Trinajstić information content (AvgIpc) is 3.35. The number of aromatic amines is 1. The van der Waals surface area contributed by atoms with E-state index < -0.39 is 11.9 Å². The Balaban J connectivity index is 0.000000302. The van der Waals surface area contributed by atoms with Crippen LogP contribution < -0.4 is 5.32 Å². The molecule has 1 unspecified atom stereocenters. The Morgan fingerprint density at radius 3 is 2.39 bits per heavy atom. The van der Waals surface area contributed by atoms with Crippen LogP contribution in [0.3, 0.4) is 0 Å². The van der Waals surface area contributed by atoms with Gasteiger partial charge in [0.2, 0.25) is 0 Å². The Morgan fingerprint density at radius 1 is 1.18 bits per heavy atom. The lowest BCUT2D eigenvalue weighted by molar-refractivity contribution is -0.135. The number of carbonyl (C=O) groups is 2. The first-order valence-electron chi connectivity index (χ1n) is 9.09. The molecule has 0 bridgehead atoms. The van der Waals surface area contributed by atoms with Crippen molar-refractivity contribution < 1.29 is 24.5 Å². The van der Waals surface area contributed by atoms with E-state index in [0.29, 0.717) is 6.04 Å². The van der Waals surface area contributed by atoms with Crippen LogP contribution in [0.2, 0.25) is 0 Å². The summed E-state index contributed by atoms with van der Waals surface area (Å²) in [6.07, 6.45) is 10.7. The van der Waals surface area contributed by atoms with E-state index in [2.05, 4.69) is 24.8 Å². The fourth-order valence-corrected chi connectivity index (χ4v) is 3.41. The number of hydrogen-bond acceptors (Lipinski definition) is 6. The highest BCUT2D eigenvalue weighted by Gasteiger charge is 2.42. The molecular formula is C18H27N5O5. The van der Waals surface area contributed by atoms with Gasteiger partial charge >= 0.3 is 0 Å². The van der Waals surface area contributed by atoms with Gasteiger partial charge in [-0.25, -0.2) is 9.97 Å². The number of H-pyrrole nitrogens is 1. The van der Waals surface area contributed by atoms with Gasteiger partial charge in [0, 0.05) is 38.6 Å². The molecule has 1 spiro atoms. The van der Waals surface area contributed by atoms with E-state index in [1.165, 1.54) is 0 Å². The Hall–Kier alpha value is -2.72. The lowest BCUT2D eigenvalue weighted by Crippen LogP contribution is -2.41. The maximum Gasteiger partial charge on any atom is 0.300 e. The number of rotatable bonds is 2. The Bertz CT molecular complexity index is 732. The second-order valence-electron chi connectivity index (χ2n) is 6.74. The first-order valence-corrected chi connectivity index (χ1v) is 9.09. The summed E-state index contributed by atoms with van der Waals surface area (Å²) in [7, 11) is 0. The molecule has 2 aromatic heterocycles. The summed E-state index contributed by atoms with van der Waals surface area (Å²) in [5.74, 6) is 0.0517. The topological polar surface area (TPSA) is 142 Å². The summed E-state index contributed by atoms with van der Waals surface area (Å²) in [5, 5.41) is 18.2. The molecule has 4 heterocycles. The van der Waals surface area contributed by atoms with Gasteiger partial charge in [-0.1, -0.05) is 0 Å². The summed E-state index contributed by atoms with van der Waals surface area (Å²) in [5.41, 5.74) is 0.0701. The van der Waals surface area contributed by atoms with E-state index >= 15 is 0 Å². The second kappa shape index (κ2) is 10.00. The number of carboxylic acids is 2. The molecule has 28 heavy (non-hydrogen) atoms. The summed E-state index contributed by atoms with van der Waals surface area (Å²) in [4.78, 5) is 29.9. The van der Waals surface area contributed by atoms with Gasteiger partial charge < -0.3 is 29.8 Å². The van der Waals surface area contributed by atoms with Gasteiger partial charge in [-0.05, 0) is 32.4 Å². The molecule has 2 aliphatic rings. The maximum absolute atomic E-state index is 9.00. The van der Waals surface area contributed by atoms with Crippen LogP contribution in [0.1, 0.15) is 39.2 Å². The van der Waals surface area contributed by atoms with E-state index in [-0.39, 0.29) is 5.60 Å². The van der Waals surface area contributed by atoms with E-state index in [1.54, 1.807) is 6.20 Å². The van der Waals surface area contributed by atoms with E-state index in [4.69, 9.17) is 24.5 Å².